The molecule has 224 valence electrons. The third-order valence-corrected chi connectivity index (χ3v) is 9.00. The molecule has 0 radical (unpaired) electrons. The first-order valence-corrected chi connectivity index (χ1v) is 18.4. The lowest BCUT2D eigenvalue weighted by molar-refractivity contribution is 0.0946. The zero-order valence-electron chi connectivity index (χ0n) is 24.7. The van der Waals surface area contributed by atoms with Gasteiger partial charge in [0.15, 0.2) is 0 Å². The van der Waals surface area contributed by atoms with Crippen molar-refractivity contribution in [1.82, 2.24) is 5.32 Å². The van der Waals surface area contributed by atoms with E-state index >= 15 is 0 Å². The molecular weight excluding hydrogens is 552 g/mol. The number of hydrogen-bond acceptors (Lipinski definition) is 8. The van der Waals surface area contributed by atoms with Gasteiger partial charge in [-0.25, -0.2) is 0 Å². The van der Waals surface area contributed by atoms with Crippen LogP contribution in [-0.2, 0) is 30.5 Å². The molecular formula is C29H45NO8P2. The van der Waals surface area contributed by atoms with Crippen LogP contribution in [0.3, 0.4) is 0 Å². The van der Waals surface area contributed by atoms with Crippen molar-refractivity contribution in [2.75, 3.05) is 52.9 Å². The van der Waals surface area contributed by atoms with Crippen LogP contribution in [0.1, 0.15) is 62.0 Å². The Bertz CT molecular complexity index is 1110. The van der Waals surface area contributed by atoms with E-state index in [1.165, 1.54) is 0 Å². The van der Waals surface area contributed by atoms with Gasteiger partial charge in [-0.1, -0.05) is 19.9 Å². The third-order valence-electron chi connectivity index (χ3n) is 5.51. The first kappa shape index (κ1) is 33.9. The molecule has 2 aromatic rings. The third kappa shape index (κ3) is 12.5. The van der Waals surface area contributed by atoms with E-state index in [4.69, 9.17) is 23.3 Å². The molecule has 2 unspecified atom stereocenters. The zero-order chi connectivity index (χ0) is 29.6. The summed E-state index contributed by atoms with van der Waals surface area (Å²) in [4.78, 5) is 12.9. The maximum atomic E-state index is 12.9. The fraction of sp³-hybridized carbons (Fsp3) is 0.552. The minimum Gasteiger partial charge on any atom is -0.493 e. The van der Waals surface area contributed by atoms with Gasteiger partial charge >= 0.3 is 0 Å². The highest BCUT2D eigenvalue weighted by atomic mass is 31.2. The summed E-state index contributed by atoms with van der Waals surface area (Å²) in [6.07, 6.45) is 2.15. The van der Waals surface area contributed by atoms with Crippen molar-refractivity contribution in [3.05, 3.63) is 53.1 Å². The Morgan fingerprint density at radius 1 is 0.675 bits per heavy atom. The molecule has 0 bridgehead atoms. The number of ether oxygens (including phenoxy) is 3. The molecule has 0 aromatic heterocycles. The Morgan fingerprint density at radius 3 is 1.57 bits per heavy atom. The molecule has 0 aliphatic heterocycles. The van der Waals surface area contributed by atoms with Crippen LogP contribution in [0.15, 0.2) is 36.4 Å². The summed E-state index contributed by atoms with van der Waals surface area (Å²) >= 11 is 0. The largest absolute Gasteiger partial charge is 0.493 e. The maximum Gasteiger partial charge on any atom is 0.251 e. The Kier molecular flexibility index (Phi) is 14.3. The Hall–Kier alpha value is -2.31. The number of benzene rings is 2. The topological polar surface area (TPSA) is 109 Å². The van der Waals surface area contributed by atoms with Gasteiger partial charge in [-0.2, -0.15) is 0 Å². The Labute approximate surface area is 239 Å². The number of amides is 1. The van der Waals surface area contributed by atoms with Crippen LogP contribution in [0, 0.1) is 0 Å². The smallest absolute Gasteiger partial charge is 0.251 e. The molecule has 2 atom stereocenters. The number of carbonyl (C=O) groups is 1. The van der Waals surface area contributed by atoms with Gasteiger partial charge < -0.3 is 28.6 Å². The van der Waals surface area contributed by atoms with Crippen molar-refractivity contribution >= 4 is 20.6 Å². The van der Waals surface area contributed by atoms with Gasteiger partial charge in [0.2, 0.25) is 14.7 Å². The molecule has 11 heteroatoms. The number of hydrogen-bond donors (Lipinski definition) is 1. The number of rotatable bonds is 19. The first-order chi connectivity index (χ1) is 19.0. The fourth-order valence-corrected chi connectivity index (χ4v) is 7.01. The van der Waals surface area contributed by atoms with E-state index in [0.717, 1.165) is 24.0 Å². The lowest BCUT2D eigenvalue weighted by atomic mass is 10.1. The van der Waals surface area contributed by atoms with Gasteiger partial charge in [0.25, 0.3) is 5.91 Å². The van der Waals surface area contributed by atoms with Crippen LogP contribution >= 0.6 is 14.7 Å². The van der Waals surface area contributed by atoms with Crippen molar-refractivity contribution in [2.24, 2.45) is 0 Å². The van der Waals surface area contributed by atoms with Gasteiger partial charge in [-0.05, 0) is 62.1 Å². The minimum absolute atomic E-state index is 0.199. The summed E-state index contributed by atoms with van der Waals surface area (Å²) in [5, 5.41) is 2.87. The van der Waals surface area contributed by atoms with Crippen LogP contribution in [0.5, 0.6) is 17.2 Å². The summed E-state index contributed by atoms with van der Waals surface area (Å²) in [7, 11) is -5.71. The molecule has 0 saturated heterocycles. The van der Waals surface area contributed by atoms with Crippen molar-refractivity contribution in [3.63, 3.8) is 0 Å². The molecule has 40 heavy (non-hydrogen) atoms. The van der Waals surface area contributed by atoms with Crippen LogP contribution in [-0.4, -0.2) is 58.8 Å². The van der Waals surface area contributed by atoms with E-state index < -0.39 is 14.7 Å². The lowest BCUT2D eigenvalue weighted by Gasteiger charge is -2.17. The van der Waals surface area contributed by atoms with E-state index in [1.54, 1.807) is 57.5 Å². The van der Waals surface area contributed by atoms with E-state index in [0.29, 0.717) is 49.2 Å². The molecule has 0 heterocycles. The second-order valence-electron chi connectivity index (χ2n) is 9.66. The highest BCUT2D eigenvalue weighted by Gasteiger charge is 2.20. The predicted octanol–water partition coefficient (Wildman–Crippen LogP) is 6.96. The van der Waals surface area contributed by atoms with Crippen LogP contribution < -0.4 is 19.5 Å². The average Bonchev–Trinajstić information content (AvgIpc) is 2.87. The van der Waals surface area contributed by atoms with Crippen molar-refractivity contribution < 1.29 is 37.2 Å². The normalized spacial score (nSPS) is 14.2. The number of nitrogens with one attached hydrogen (secondary N) is 1. The SMILES string of the molecule is CCCOc1cc(OCCC)cc(C(=O)NCCOc2cc(CP(C)(=O)OCC)cc(CP(C)(=O)OCC)c2)c1. The second kappa shape index (κ2) is 16.8. The highest BCUT2D eigenvalue weighted by molar-refractivity contribution is 7.57. The van der Waals surface area contributed by atoms with Gasteiger partial charge in [0, 0.05) is 37.3 Å². The quantitative estimate of drug-likeness (QED) is 0.137. The fourth-order valence-electron chi connectivity index (χ4n) is 4.04. The molecule has 0 spiro atoms. The standard InChI is InChI=1S/C29H45NO8P2/c1-7-12-34-27-18-25(19-28(20-27)35-13-8-2)29(31)30-11-14-36-26-16-23(21-39(5,32)37-9-3)15-24(17-26)22-40(6,33)38-10-4/h15-20H,7-14,21-22H2,1-6H3,(H,30,31). The van der Waals surface area contributed by atoms with Gasteiger partial charge in [-0.15, -0.1) is 0 Å². The molecule has 0 saturated carbocycles. The van der Waals surface area contributed by atoms with Crippen molar-refractivity contribution in [1.29, 1.82) is 0 Å². The monoisotopic (exact) mass is 597 g/mol. The molecule has 0 fully saturated rings. The van der Waals surface area contributed by atoms with Crippen molar-refractivity contribution in [2.45, 2.75) is 52.9 Å². The van der Waals surface area contributed by atoms with E-state index in [9.17, 15) is 13.9 Å². The van der Waals surface area contributed by atoms with Gasteiger partial charge in [0.1, 0.15) is 23.9 Å². The minimum atomic E-state index is -2.85. The van der Waals surface area contributed by atoms with Crippen molar-refractivity contribution in [3.8, 4) is 17.2 Å². The molecule has 2 aromatic carbocycles. The van der Waals surface area contributed by atoms with E-state index in [2.05, 4.69) is 5.32 Å². The lowest BCUT2D eigenvalue weighted by Crippen LogP contribution is -2.28. The summed E-state index contributed by atoms with van der Waals surface area (Å²) in [6, 6.07) is 10.6. The second-order valence-corrected chi connectivity index (χ2v) is 14.9. The highest BCUT2D eigenvalue weighted by Crippen LogP contribution is 2.49. The van der Waals surface area contributed by atoms with Crippen LogP contribution in [0.2, 0.25) is 0 Å². The maximum absolute atomic E-state index is 12.9. The summed E-state index contributed by atoms with van der Waals surface area (Å²) in [6.45, 7) is 13.1. The Balaban J connectivity index is 2.11. The molecule has 1 amide bonds. The summed E-state index contributed by atoms with van der Waals surface area (Å²) in [5.74, 6) is 1.43. The zero-order valence-corrected chi connectivity index (χ0v) is 26.5. The van der Waals surface area contributed by atoms with Gasteiger partial charge in [-0.3, -0.25) is 13.9 Å². The summed E-state index contributed by atoms with van der Waals surface area (Å²) < 4.78 is 53.9. The molecule has 0 aliphatic carbocycles. The Morgan fingerprint density at radius 2 is 1.12 bits per heavy atom. The van der Waals surface area contributed by atoms with Crippen LogP contribution in [0.4, 0.5) is 0 Å². The average molecular weight is 598 g/mol. The van der Waals surface area contributed by atoms with E-state index in [1.807, 2.05) is 19.9 Å². The predicted molar refractivity (Wildman–Crippen MR) is 160 cm³/mol. The molecule has 2 rings (SSSR count). The van der Waals surface area contributed by atoms with Crippen LogP contribution in [0.25, 0.3) is 0 Å². The molecule has 1 N–H and O–H groups in total. The number of carbonyl (C=O) groups excluding carboxylic acids is 1. The first-order valence-electron chi connectivity index (χ1n) is 13.9. The van der Waals surface area contributed by atoms with Gasteiger partial charge in [0.05, 0.1) is 33.0 Å². The molecule has 9 nitrogen and oxygen atoms in total. The molecule has 0 aliphatic rings. The van der Waals surface area contributed by atoms with E-state index in [-0.39, 0.29) is 31.4 Å². The summed E-state index contributed by atoms with van der Waals surface area (Å²) in [5.41, 5.74) is 1.96.